The van der Waals surface area contributed by atoms with Crippen LogP contribution < -0.4 is 0 Å². The van der Waals surface area contributed by atoms with E-state index in [1.807, 2.05) is 6.20 Å². The zero-order chi connectivity index (χ0) is 11.0. The highest BCUT2D eigenvalue weighted by Crippen LogP contribution is 2.49. The van der Waals surface area contributed by atoms with Crippen LogP contribution in [-0.2, 0) is 13.0 Å². The van der Waals surface area contributed by atoms with Crippen molar-refractivity contribution in [2.45, 2.75) is 32.2 Å². The molecule has 0 spiro atoms. The van der Waals surface area contributed by atoms with Gasteiger partial charge in [-0.1, -0.05) is 0 Å². The van der Waals surface area contributed by atoms with Gasteiger partial charge in [-0.15, -0.1) is 0 Å². The molecule has 0 amide bonds. The summed E-state index contributed by atoms with van der Waals surface area (Å²) in [6.07, 6.45) is 6.19. The molecular formula is C12H16N4. The van der Waals surface area contributed by atoms with E-state index < -0.39 is 0 Å². The first-order chi connectivity index (χ1) is 7.81. The summed E-state index contributed by atoms with van der Waals surface area (Å²) >= 11 is 0. The van der Waals surface area contributed by atoms with E-state index in [2.05, 4.69) is 21.2 Å². The second-order valence-electron chi connectivity index (χ2n) is 5.17. The molecule has 0 atom stereocenters. The standard InChI is InChI=1S/C12H16N4/c13-5-4-12(2-3-12)9-16-6-1-11-10(8-16)7-14-15-11/h7H,1-4,6,8-9H2,(H,14,15). The highest BCUT2D eigenvalue weighted by molar-refractivity contribution is 5.19. The lowest BCUT2D eigenvalue weighted by molar-refractivity contribution is 0.203. The Labute approximate surface area is 95.3 Å². The molecule has 0 bridgehead atoms. The van der Waals surface area contributed by atoms with Gasteiger partial charge in [0.2, 0.25) is 0 Å². The van der Waals surface area contributed by atoms with Gasteiger partial charge in [-0.2, -0.15) is 10.4 Å². The molecule has 84 valence electrons. The molecule has 4 heteroatoms. The van der Waals surface area contributed by atoms with E-state index in [4.69, 9.17) is 5.26 Å². The maximum Gasteiger partial charge on any atom is 0.0628 e. The van der Waals surface area contributed by atoms with Crippen LogP contribution in [0.3, 0.4) is 0 Å². The average molecular weight is 216 g/mol. The first kappa shape index (κ1) is 9.86. The Morgan fingerprint density at radius 3 is 3.19 bits per heavy atom. The first-order valence-corrected chi connectivity index (χ1v) is 5.92. The van der Waals surface area contributed by atoms with Crippen molar-refractivity contribution in [2.24, 2.45) is 5.41 Å². The van der Waals surface area contributed by atoms with Crippen LogP contribution in [0, 0.1) is 16.7 Å². The second-order valence-corrected chi connectivity index (χ2v) is 5.17. The van der Waals surface area contributed by atoms with Crippen LogP contribution in [-0.4, -0.2) is 28.2 Å². The normalized spacial score (nSPS) is 22.4. The van der Waals surface area contributed by atoms with E-state index in [1.54, 1.807) is 0 Å². The molecule has 1 aliphatic carbocycles. The summed E-state index contributed by atoms with van der Waals surface area (Å²) in [5, 5.41) is 15.9. The monoisotopic (exact) mass is 216 g/mol. The molecule has 0 saturated heterocycles. The van der Waals surface area contributed by atoms with Crippen LogP contribution in [0.1, 0.15) is 30.5 Å². The van der Waals surface area contributed by atoms with E-state index in [1.165, 1.54) is 24.1 Å². The number of nitriles is 1. The predicted octanol–water partition coefficient (Wildman–Crippen LogP) is 1.46. The van der Waals surface area contributed by atoms with E-state index in [-0.39, 0.29) is 0 Å². The first-order valence-electron chi connectivity index (χ1n) is 5.92. The molecule has 1 N–H and O–H groups in total. The van der Waals surface area contributed by atoms with Gasteiger partial charge in [0.05, 0.1) is 12.3 Å². The summed E-state index contributed by atoms with van der Waals surface area (Å²) in [6.45, 7) is 3.19. The van der Waals surface area contributed by atoms with Gasteiger partial charge in [0.15, 0.2) is 0 Å². The lowest BCUT2D eigenvalue weighted by Gasteiger charge is -2.29. The van der Waals surface area contributed by atoms with Crippen molar-refractivity contribution in [1.29, 1.82) is 5.26 Å². The second kappa shape index (κ2) is 3.60. The third kappa shape index (κ3) is 1.72. The Hall–Kier alpha value is -1.34. The van der Waals surface area contributed by atoms with Crippen LogP contribution in [0.5, 0.6) is 0 Å². The van der Waals surface area contributed by atoms with Gasteiger partial charge in [0, 0.05) is 43.7 Å². The van der Waals surface area contributed by atoms with Crippen LogP contribution in [0.4, 0.5) is 0 Å². The van der Waals surface area contributed by atoms with Gasteiger partial charge in [0.25, 0.3) is 0 Å². The lowest BCUT2D eigenvalue weighted by Crippen LogP contribution is -2.35. The molecular weight excluding hydrogens is 200 g/mol. The number of hydrogen-bond acceptors (Lipinski definition) is 3. The van der Waals surface area contributed by atoms with Crippen molar-refractivity contribution in [3.05, 3.63) is 17.5 Å². The lowest BCUT2D eigenvalue weighted by atomic mass is 10.0. The predicted molar refractivity (Wildman–Crippen MR) is 59.5 cm³/mol. The Morgan fingerprint density at radius 2 is 2.44 bits per heavy atom. The van der Waals surface area contributed by atoms with Crippen LogP contribution in [0.15, 0.2) is 6.20 Å². The minimum Gasteiger partial charge on any atom is -0.298 e. The van der Waals surface area contributed by atoms with Crippen molar-refractivity contribution in [2.75, 3.05) is 13.1 Å². The average Bonchev–Trinajstić information content (AvgIpc) is 2.87. The number of aromatic amines is 1. The van der Waals surface area contributed by atoms with Crippen LogP contribution >= 0.6 is 0 Å². The molecule has 0 radical (unpaired) electrons. The molecule has 0 unspecified atom stereocenters. The Kier molecular flexibility index (Phi) is 2.22. The quantitative estimate of drug-likeness (QED) is 0.832. The van der Waals surface area contributed by atoms with Crippen LogP contribution in [0.25, 0.3) is 0 Å². The molecule has 1 aliphatic heterocycles. The molecule has 2 aliphatic rings. The summed E-state index contributed by atoms with van der Waals surface area (Å²) < 4.78 is 0. The number of hydrogen-bond donors (Lipinski definition) is 1. The molecule has 1 fully saturated rings. The topological polar surface area (TPSA) is 55.7 Å². The fourth-order valence-electron chi connectivity index (χ4n) is 2.62. The molecule has 2 heterocycles. The molecule has 3 rings (SSSR count). The maximum absolute atomic E-state index is 8.81. The summed E-state index contributed by atoms with van der Waals surface area (Å²) in [5.41, 5.74) is 2.95. The largest absolute Gasteiger partial charge is 0.298 e. The number of aromatic nitrogens is 2. The third-order valence-corrected chi connectivity index (χ3v) is 3.85. The molecule has 16 heavy (non-hydrogen) atoms. The van der Waals surface area contributed by atoms with E-state index >= 15 is 0 Å². The van der Waals surface area contributed by atoms with E-state index in [0.717, 1.165) is 32.5 Å². The Bertz CT molecular complexity index is 424. The minimum absolute atomic E-state index is 0.329. The highest BCUT2D eigenvalue weighted by Gasteiger charge is 2.43. The van der Waals surface area contributed by atoms with E-state index in [9.17, 15) is 0 Å². The molecule has 1 aromatic rings. The number of rotatable bonds is 3. The summed E-state index contributed by atoms with van der Waals surface area (Å²) in [7, 11) is 0. The van der Waals surface area contributed by atoms with Crippen molar-refractivity contribution < 1.29 is 0 Å². The van der Waals surface area contributed by atoms with Gasteiger partial charge in [-0.05, 0) is 18.3 Å². The van der Waals surface area contributed by atoms with E-state index in [0.29, 0.717) is 5.41 Å². The Morgan fingerprint density at radius 1 is 1.56 bits per heavy atom. The maximum atomic E-state index is 8.81. The molecule has 1 aromatic heterocycles. The van der Waals surface area contributed by atoms with Gasteiger partial charge in [-0.25, -0.2) is 0 Å². The summed E-state index contributed by atoms with van der Waals surface area (Å²) in [6, 6.07) is 2.33. The number of nitrogens with zero attached hydrogens (tertiary/aromatic N) is 3. The van der Waals surface area contributed by atoms with Crippen LogP contribution in [0.2, 0.25) is 0 Å². The highest BCUT2D eigenvalue weighted by atomic mass is 15.2. The van der Waals surface area contributed by atoms with Crippen molar-refractivity contribution >= 4 is 0 Å². The fraction of sp³-hybridized carbons (Fsp3) is 0.667. The summed E-state index contributed by atoms with van der Waals surface area (Å²) in [5.74, 6) is 0. The molecule has 1 saturated carbocycles. The fourth-order valence-corrected chi connectivity index (χ4v) is 2.62. The third-order valence-electron chi connectivity index (χ3n) is 3.85. The number of nitrogens with one attached hydrogen (secondary N) is 1. The smallest absolute Gasteiger partial charge is 0.0628 e. The van der Waals surface area contributed by atoms with Gasteiger partial charge in [-0.3, -0.25) is 10.00 Å². The molecule has 4 nitrogen and oxygen atoms in total. The number of fused-ring (bicyclic) bond motifs is 1. The van der Waals surface area contributed by atoms with Gasteiger partial charge < -0.3 is 0 Å². The number of H-pyrrole nitrogens is 1. The molecule has 0 aromatic carbocycles. The van der Waals surface area contributed by atoms with Gasteiger partial charge >= 0.3 is 0 Å². The van der Waals surface area contributed by atoms with Crippen molar-refractivity contribution in [3.63, 3.8) is 0 Å². The SMILES string of the molecule is N#CCC1(CN2CCc3[nH]ncc3C2)CC1. The summed E-state index contributed by atoms with van der Waals surface area (Å²) in [4.78, 5) is 2.47. The van der Waals surface area contributed by atoms with Crippen molar-refractivity contribution in [1.82, 2.24) is 15.1 Å². The zero-order valence-corrected chi connectivity index (χ0v) is 9.37. The van der Waals surface area contributed by atoms with Crippen molar-refractivity contribution in [3.8, 4) is 6.07 Å². The van der Waals surface area contributed by atoms with Gasteiger partial charge in [0.1, 0.15) is 0 Å². The Balaban J connectivity index is 1.65. The minimum atomic E-state index is 0.329. The zero-order valence-electron chi connectivity index (χ0n) is 9.37.